The Balaban J connectivity index is 1.82. The molecule has 2 aliphatic rings. The molecule has 0 radical (unpaired) electrons. The van der Waals surface area contributed by atoms with E-state index in [1.807, 2.05) is 0 Å². The molecule has 1 heterocycles. The third kappa shape index (κ3) is 1.14. The first-order valence-electron chi connectivity index (χ1n) is 5.30. The van der Waals surface area contributed by atoms with Crippen molar-refractivity contribution in [2.45, 2.75) is 37.8 Å². The fourth-order valence-corrected chi connectivity index (χ4v) is 2.69. The maximum atomic E-state index is 2.59. The van der Waals surface area contributed by atoms with E-state index in [0.29, 0.717) is 0 Å². The molecule has 1 aromatic rings. The predicted molar refractivity (Wildman–Crippen MR) is 55.0 cm³/mol. The van der Waals surface area contributed by atoms with Crippen LogP contribution < -0.4 is 4.90 Å². The Morgan fingerprint density at radius 2 is 1.54 bits per heavy atom. The molecule has 1 aliphatic carbocycles. The molecule has 0 unspecified atom stereocenters. The lowest BCUT2D eigenvalue weighted by Crippen LogP contribution is -2.00. The van der Waals surface area contributed by atoms with Crippen LogP contribution in [0.2, 0.25) is 0 Å². The lowest BCUT2D eigenvalue weighted by Gasteiger charge is -2.03. The van der Waals surface area contributed by atoms with E-state index in [4.69, 9.17) is 0 Å². The number of hydrogen-bond acceptors (Lipinski definition) is 1. The van der Waals surface area contributed by atoms with Crippen molar-refractivity contribution in [2.75, 3.05) is 4.90 Å². The Hall–Kier alpha value is -0.980. The number of anilines is 1. The molecule has 3 rings (SSSR count). The second-order valence-corrected chi connectivity index (χ2v) is 4.16. The largest absolute Gasteiger partial charge is 0.361 e. The van der Waals surface area contributed by atoms with Gasteiger partial charge in [-0.05, 0) is 25.0 Å². The first-order chi connectivity index (χ1) is 6.47. The molecule has 2 fully saturated rings. The topological polar surface area (TPSA) is 3.01 Å². The third-order valence-electron chi connectivity index (χ3n) is 3.37. The fraction of sp³-hybridized carbons (Fsp3) is 0.500. The highest BCUT2D eigenvalue weighted by Crippen LogP contribution is 2.43. The van der Waals surface area contributed by atoms with Gasteiger partial charge >= 0.3 is 0 Å². The average Bonchev–Trinajstić information content (AvgIpc) is 2.93. The van der Waals surface area contributed by atoms with Crippen molar-refractivity contribution < 1.29 is 0 Å². The van der Waals surface area contributed by atoms with Gasteiger partial charge in [0.15, 0.2) is 0 Å². The number of para-hydroxylation sites is 1. The summed E-state index contributed by atoms with van der Waals surface area (Å²) in [6.45, 7) is 0. The Morgan fingerprint density at radius 3 is 2.15 bits per heavy atom. The summed E-state index contributed by atoms with van der Waals surface area (Å²) in [6, 6.07) is 12.6. The van der Waals surface area contributed by atoms with E-state index in [1.165, 1.54) is 31.4 Å². The molecule has 0 amide bonds. The summed E-state index contributed by atoms with van der Waals surface area (Å²) in [5.41, 5.74) is 1.43. The average molecular weight is 173 g/mol. The van der Waals surface area contributed by atoms with Crippen LogP contribution in [0.4, 0.5) is 5.69 Å². The smallest absolute Gasteiger partial charge is 0.0497 e. The van der Waals surface area contributed by atoms with Gasteiger partial charge < -0.3 is 4.90 Å². The summed E-state index contributed by atoms with van der Waals surface area (Å²) in [4.78, 5) is 2.59. The van der Waals surface area contributed by atoms with E-state index in [-0.39, 0.29) is 0 Å². The summed E-state index contributed by atoms with van der Waals surface area (Å²) >= 11 is 0. The lowest BCUT2D eigenvalue weighted by atomic mass is 10.0. The molecule has 1 nitrogen and oxygen atoms in total. The minimum Gasteiger partial charge on any atom is -0.361 e. The second-order valence-electron chi connectivity index (χ2n) is 4.16. The zero-order valence-corrected chi connectivity index (χ0v) is 7.82. The lowest BCUT2D eigenvalue weighted by molar-refractivity contribution is 0.571. The predicted octanol–water partition coefficient (Wildman–Crippen LogP) is 2.82. The van der Waals surface area contributed by atoms with E-state index < -0.39 is 0 Å². The molecule has 0 bridgehead atoms. The van der Waals surface area contributed by atoms with Crippen LogP contribution in [-0.2, 0) is 0 Å². The van der Waals surface area contributed by atoms with Crippen molar-refractivity contribution in [1.82, 2.24) is 0 Å². The van der Waals surface area contributed by atoms with Crippen LogP contribution in [0.15, 0.2) is 30.3 Å². The first-order valence-corrected chi connectivity index (χ1v) is 5.30. The monoisotopic (exact) mass is 173 g/mol. The number of rotatable bonds is 1. The molecule has 0 spiro atoms. The van der Waals surface area contributed by atoms with Crippen molar-refractivity contribution in [3.8, 4) is 0 Å². The standard InChI is InChI=1S/C12H15N/c1-2-6-10(7-3-1)13-11-8-4-5-9-12(11)13/h1-3,6-7,11-12H,4-5,8-9H2/t11-,12+,13?. The summed E-state index contributed by atoms with van der Waals surface area (Å²) in [5, 5.41) is 0. The Labute approximate surface area is 79.4 Å². The highest BCUT2D eigenvalue weighted by atomic mass is 15.4. The van der Waals surface area contributed by atoms with Gasteiger partial charge in [0.25, 0.3) is 0 Å². The summed E-state index contributed by atoms with van der Waals surface area (Å²) < 4.78 is 0. The zero-order chi connectivity index (χ0) is 8.67. The molecule has 13 heavy (non-hydrogen) atoms. The Bertz CT molecular complexity index is 281. The van der Waals surface area contributed by atoms with Gasteiger partial charge in [-0.2, -0.15) is 0 Å². The van der Waals surface area contributed by atoms with Gasteiger partial charge in [0, 0.05) is 17.8 Å². The van der Waals surface area contributed by atoms with Crippen LogP contribution in [0.5, 0.6) is 0 Å². The van der Waals surface area contributed by atoms with Crippen molar-refractivity contribution >= 4 is 5.69 Å². The van der Waals surface area contributed by atoms with Crippen molar-refractivity contribution in [1.29, 1.82) is 0 Å². The van der Waals surface area contributed by atoms with Gasteiger partial charge in [0.1, 0.15) is 0 Å². The van der Waals surface area contributed by atoms with E-state index in [0.717, 1.165) is 12.1 Å². The maximum absolute atomic E-state index is 2.59. The first kappa shape index (κ1) is 7.43. The molecular weight excluding hydrogens is 158 g/mol. The van der Waals surface area contributed by atoms with Crippen molar-refractivity contribution in [3.05, 3.63) is 30.3 Å². The van der Waals surface area contributed by atoms with E-state index in [9.17, 15) is 0 Å². The minimum absolute atomic E-state index is 0.885. The van der Waals surface area contributed by atoms with Crippen molar-refractivity contribution in [3.63, 3.8) is 0 Å². The molecule has 0 aromatic heterocycles. The fourth-order valence-electron chi connectivity index (χ4n) is 2.69. The van der Waals surface area contributed by atoms with Gasteiger partial charge in [-0.25, -0.2) is 0 Å². The van der Waals surface area contributed by atoms with Crippen LogP contribution in [-0.4, -0.2) is 12.1 Å². The summed E-state index contributed by atoms with van der Waals surface area (Å²) in [6.07, 6.45) is 5.70. The summed E-state index contributed by atoms with van der Waals surface area (Å²) in [7, 11) is 0. The quantitative estimate of drug-likeness (QED) is 0.590. The third-order valence-corrected chi connectivity index (χ3v) is 3.37. The molecule has 1 saturated heterocycles. The van der Waals surface area contributed by atoms with Gasteiger partial charge in [0.2, 0.25) is 0 Å². The van der Waals surface area contributed by atoms with E-state index in [1.54, 1.807) is 0 Å². The number of nitrogens with zero attached hydrogens (tertiary/aromatic N) is 1. The second kappa shape index (κ2) is 2.76. The van der Waals surface area contributed by atoms with Gasteiger partial charge in [-0.3, -0.25) is 0 Å². The van der Waals surface area contributed by atoms with Crippen LogP contribution in [0.25, 0.3) is 0 Å². The van der Waals surface area contributed by atoms with Gasteiger partial charge in [-0.15, -0.1) is 0 Å². The molecule has 1 heteroatoms. The Morgan fingerprint density at radius 1 is 0.923 bits per heavy atom. The van der Waals surface area contributed by atoms with Gasteiger partial charge in [0.05, 0.1) is 0 Å². The van der Waals surface area contributed by atoms with Crippen LogP contribution in [0.1, 0.15) is 25.7 Å². The number of hydrogen-bond donors (Lipinski definition) is 0. The SMILES string of the molecule is c1ccc(N2[C@@H]3CCCC[C@@H]32)cc1. The molecule has 1 saturated carbocycles. The van der Waals surface area contributed by atoms with Crippen molar-refractivity contribution in [2.24, 2.45) is 0 Å². The molecule has 1 aromatic carbocycles. The van der Waals surface area contributed by atoms with Crippen LogP contribution in [0.3, 0.4) is 0 Å². The van der Waals surface area contributed by atoms with Gasteiger partial charge in [-0.1, -0.05) is 31.0 Å². The highest BCUT2D eigenvalue weighted by molar-refractivity contribution is 5.56. The normalized spacial score (nSPS) is 31.2. The number of benzene rings is 1. The molecule has 68 valence electrons. The molecule has 2 atom stereocenters. The highest BCUT2D eigenvalue weighted by Gasteiger charge is 2.47. The zero-order valence-electron chi connectivity index (χ0n) is 7.82. The minimum atomic E-state index is 0.885. The molecule has 1 aliphatic heterocycles. The van der Waals surface area contributed by atoms with Crippen LogP contribution >= 0.6 is 0 Å². The molecular formula is C12H15N. The van der Waals surface area contributed by atoms with Crippen LogP contribution in [0, 0.1) is 0 Å². The van der Waals surface area contributed by atoms with E-state index in [2.05, 4.69) is 35.2 Å². The summed E-state index contributed by atoms with van der Waals surface area (Å²) in [5.74, 6) is 0. The van der Waals surface area contributed by atoms with E-state index >= 15 is 0 Å². The maximum Gasteiger partial charge on any atom is 0.0497 e. The molecule has 0 N–H and O–H groups in total. The Kier molecular flexibility index (Phi) is 1.58. The number of fused-ring (bicyclic) bond motifs is 1.